The predicted molar refractivity (Wildman–Crippen MR) is 111 cm³/mol. The van der Waals surface area contributed by atoms with Crippen molar-refractivity contribution in [3.8, 4) is 0 Å². The first kappa shape index (κ1) is 19.0. The number of para-hydroxylation sites is 1. The summed E-state index contributed by atoms with van der Waals surface area (Å²) in [4.78, 5) is 29.4. The van der Waals surface area contributed by atoms with Gasteiger partial charge in [0.2, 0.25) is 5.91 Å². The molecular formula is C22H24N4O3. The van der Waals surface area contributed by atoms with Crippen LogP contribution >= 0.6 is 0 Å². The average molecular weight is 392 g/mol. The number of nitrogens with one attached hydrogen (secondary N) is 3. The first-order valence-electron chi connectivity index (χ1n) is 9.78. The first-order chi connectivity index (χ1) is 14.1. The van der Waals surface area contributed by atoms with E-state index in [0.29, 0.717) is 12.0 Å². The summed E-state index contributed by atoms with van der Waals surface area (Å²) in [6.45, 7) is 1.67. The number of hydrogen-bond donors (Lipinski definition) is 4. The molecule has 0 saturated carbocycles. The van der Waals surface area contributed by atoms with Crippen molar-refractivity contribution in [3.05, 3.63) is 65.9 Å². The van der Waals surface area contributed by atoms with Crippen LogP contribution in [0.4, 0.5) is 5.69 Å². The van der Waals surface area contributed by atoms with E-state index in [0.717, 1.165) is 48.1 Å². The van der Waals surface area contributed by atoms with Gasteiger partial charge in [0.05, 0.1) is 6.42 Å². The molecule has 4 N–H and O–H groups in total. The number of aromatic amines is 1. The fourth-order valence-electron chi connectivity index (χ4n) is 3.90. The van der Waals surface area contributed by atoms with E-state index in [1.807, 2.05) is 42.6 Å². The fraction of sp³-hybridized carbons (Fsp3) is 0.273. The summed E-state index contributed by atoms with van der Waals surface area (Å²) >= 11 is 0. The van der Waals surface area contributed by atoms with Crippen molar-refractivity contribution in [3.63, 3.8) is 0 Å². The van der Waals surface area contributed by atoms with Crippen LogP contribution in [-0.4, -0.2) is 41.1 Å². The lowest BCUT2D eigenvalue weighted by Crippen LogP contribution is -2.45. The van der Waals surface area contributed by atoms with Crippen LogP contribution < -0.4 is 15.7 Å². The number of hydroxylamine groups is 1. The number of aromatic nitrogens is 1. The van der Waals surface area contributed by atoms with Crippen molar-refractivity contribution in [2.45, 2.75) is 25.3 Å². The van der Waals surface area contributed by atoms with Crippen LogP contribution in [0.25, 0.3) is 10.9 Å². The number of carbonyl (C=O) groups is 2. The van der Waals surface area contributed by atoms with Gasteiger partial charge in [-0.3, -0.25) is 14.8 Å². The molecule has 29 heavy (non-hydrogen) atoms. The second-order valence-electron chi connectivity index (χ2n) is 7.35. The zero-order valence-electron chi connectivity index (χ0n) is 16.0. The molecule has 7 nitrogen and oxygen atoms in total. The Morgan fingerprint density at radius 1 is 1.07 bits per heavy atom. The van der Waals surface area contributed by atoms with Gasteiger partial charge in [0.15, 0.2) is 0 Å². The molecule has 7 heteroatoms. The molecule has 0 atom stereocenters. The second kappa shape index (κ2) is 8.36. The molecule has 0 radical (unpaired) electrons. The quantitative estimate of drug-likeness (QED) is 0.396. The van der Waals surface area contributed by atoms with Gasteiger partial charge in [-0.05, 0) is 48.7 Å². The summed E-state index contributed by atoms with van der Waals surface area (Å²) in [5.74, 6) is -0.472. The van der Waals surface area contributed by atoms with E-state index in [4.69, 9.17) is 5.21 Å². The Morgan fingerprint density at radius 2 is 1.79 bits per heavy atom. The molecule has 3 aromatic rings. The van der Waals surface area contributed by atoms with Crippen molar-refractivity contribution >= 4 is 28.4 Å². The third-order valence-corrected chi connectivity index (χ3v) is 5.48. The highest BCUT2D eigenvalue weighted by atomic mass is 16.5. The number of benzene rings is 2. The Bertz CT molecular complexity index is 1000. The number of hydrogen-bond acceptors (Lipinski definition) is 4. The van der Waals surface area contributed by atoms with E-state index in [9.17, 15) is 9.59 Å². The molecule has 1 aliphatic heterocycles. The summed E-state index contributed by atoms with van der Waals surface area (Å²) < 4.78 is 0. The minimum absolute atomic E-state index is 0.0487. The molecule has 1 aliphatic rings. The molecule has 150 valence electrons. The first-order valence-corrected chi connectivity index (χ1v) is 9.78. The number of rotatable bonds is 5. The minimum atomic E-state index is -0.520. The standard InChI is InChI=1S/C22H24N4O3/c27-21(13-16-14-23-20-4-2-1-3-19(16)20)24-17-9-11-26(12-10-17)18-7-5-15(6-8-18)22(28)25-29/h1-8,14,17,23,29H,9-13H2,(H,24,27)(H,25,28). The highest BCUT2D eigenvalue weighted by Crippen LogP contribution is 2.21. The van der Waals surface area contributed by atoms with Crippen molar-refractivity contribution in [2.24, 2.45) is 0 Å². The summed E-state index contributed by atoms with van der Waals surface area (Å²) in [7, 11) is 0. The van der Waals surface area contributed by atoms with Crippen LogP contribution in [0.2, 0.25) is 0 Å². The molecule has 0 bridgehead atoms. The van der Waals surface area contributed by atoms with E-state index in [1.54, 1.807) is 17.6 Å². The Morgan fingerprint density at radius 3 is 2.52 bits per heavy atom. The lowest BCUT2D eigenvalue weighted by molar-refractivity contribution is -0.121. The van der Waals surface area contributed by atoms with Crippen LogP contribution in [-0.2, 0) is 11.2 Å². The monoisotopic (exact) mass is 392 g/mol. The lowest BCUT2D eigenvalue weighted by atomic mass is 10.0. The number of amides is 2. The third-order valence-electron chi connectivity index (χ3n) is 5.48. The van der Waals surface area contributed by atoms with Crippen molar-refractivity contribution < 1.29 is 14.8 Å². The molecule has 2 amide bonds. The number of fused-ring (bicyclic) bond motifs is 1. The SMILES string of the molecule is O=C(Cc1c[nH]c2ccccc12)NC1CCN(c2ccc(C(=O)NO)cc2)CC1. The van der Waals surface area contributed by atoms with Gasteiger partial charge in [-0.2, -0.15) is 0 Å². The number of piperidine rings is 1. The molecular weight excluding hydrogens is 368 g/mol. The largest absolute Gasteiger partial charge is 0.371 e. The van der Waals surface area contributed by atoms with Crippen LogP contribution in [0.5, 0.6) is 0 Å². The molecule has 1 fully saturated rings. The van der Waals surface area contributed by atoms with Gasteiger partial charge in [0, 0.05) is 47.5 Å². The smallest absolute Gasteiger partial charge is 0.274 e. The maximum atomic E-state index is 12.5. The third kappa shape index (κ3) is 4.25. The topological polar surface area (TPSA) is 97.5 Å². The van der Waals surface area contributed by atoms with Crippen LogP contribution in [0.3, 0.4) is 0 Å². The summed E-state index contributed by atoms with van der Waals surface area (Å²) in [5.41, 5.74) is 5.14. The molecule has 0 spiro atoms. The maximum absolute atomic E-state index is 12.5. The molecule has 4 rings (SSSR count). The maximum Gasteiger partial charge on any atom is 0.274 e. The number of nitrogens with zero attached hydrogens (tertiary/aromatic N) is 1. The van der Waals surface area contributed by atoms with Crippen LogP contribution in [0.1, 0.15) is 28.8 Å². The van der Waals surface area contributed by atoms with Gasteiger partial charge in [0.25, 0.3) is 5.91 Å². The van der Waals surface area contributed by atoms with E-state index in [-0.39, 0.29) is 11.9 Å². The molecule has 0 unspecified atom stereocenters. The van der Waals surface area contributed by atoms with Gasteiger partial charge in [-0.15, -0.1) is 0 Å². The molecule has 1 saturated heterocycles. The van der Waals surface area contributed by atoms with Gasteiger partial charge in [-0.25, -0.2) is 5.48 Å². The molecule has 1 aromatic heterocycles. The zero-order valence-corrected chi connectivity index (χ0v) is 16.0. The molecule has 2 heterocycles. The number of H-pyrrole nitrogens is 1. The van der Waals surface area contributed by atoms with Crippen LogP contribution in [0.15, 0.2) is 54.7 Å². The fourth-order valence-corrected chi connectivity index (χ4v) is 3.90. The van der Waals surface area contributed by atoms with E-state index in [2.05, 4.69) is 15.2 Å². The number of anilines is 1. The molecule has 0 aliphatic carbocycles. The molecule has 2 aromatic carbocycles. The van der Waals surface area contributed by atoms with Crippen molar-refractivity contribution in [1.82, 2.24) is 15.8 Å². The van der Waals surface area contributed by atoms with Gasteiger partial charge >= 0.3 is 0 Å². The van der Waals surface area contributed by atoms with E-state index < -0.39 is 5.91 Å². The van der Waals surface area contributed by atoms with E-state index >= 15 is 0 Å². The predicted octanol–water partition coefficient (Wildman–Crippen LogP) is 2.61. The van der Waals surface area contributed by atoms with Crippen molar-refractivity contribution in [2.75, 3.05) is 18.0 Å². The zero-order chi connectivity index (χ0) is 20.2. The van der Waals surface area contributed by atoms with Gasteiger partial charge in [-0.1, -0.05) is 18.2 Å². The highest BCUT2D eigenvalue weighted by Gasteiger charge is 2.21. The summed E-state index contributed by atoms with van der Waals surface area (Å²) in [5, 5.41) is 13.0. The highest BCUT2D eigenvalue weighted by molar-refractivity contribution is 5.93. The van der Waals surface area contributed by atoms with E-state index in [1.165, 1.54) is 0 Å². The normalized spacial score (nSPS) is 14.7. The minimum Gasteiger partial charge on any atom is -0.371 e. The second-order valence-corrected chi connectivity index (χ2v) is 7.35. The Hall–Kier alpha value is -3.32. The summed E-state index contributed by atoms with van der Waals surface area (Å²) in [6, 6.07) is 15.3. The summed E-state index contributed by atoms with van der Waals surface area (Å²) in [6.07, 6.45) is 4.03. The lowest BCUT2D eigenvalue weighted by Gasteiger charge is -2.34. The Kier molecular flexibility index (Phi) is 5.48. The van der Waals surface area contributed by atoms with Gasteiger partial charge in [0.1, 0.15) is 0 Å². The average Bonchev–Trinajstić information content (AvgIpc) is 3.16. The number of carbonyl (C=O) groups excluding carboxylic acids is 2. The van der Waals surface area contributed by atoms with Crippen LogP contribution in [0, 0.1) is 0 Å². The van der Waals surface area contributed by atoms with Gasteiger partial charge < -0.3 is 15.2 Å². The van der Waals surface area contributed by atoms with Crippen molar-refractivity contribution in [1.29, 1.82) is 0 Å². The Balaban J connectivity index is 1.29. The Labute approximate surface area is 168 Å².